The molecule has 7 heteroatoms. The van der Waals surface area contributed by atoms with Crippen molar-refractivity contribution in [3.05, 3.63) is 46.2 Å². The Balaban J connectivity index is 2.25. The minimum Gasteiger partial charge on any atom is -0.480 e. The van der Waals surface area contributed by atoms with Crippen LogP contribution in [0, 0.1) is 12.8 Å². The molecule has 0 aliphatic heterocycles. The summed E-state index contributed by atoms with van der Waals surface area (Å²) in [6, 6.07) is 6.62. The molecule has 0 saturated carbocycles. The van der Waals surface area contributed by atoms with Crippen molar-refractivity contribution in [2.24, 2.45) is 5.92 Å². The number of carboxylic acids is 1. The van der Waals surface area contributed by atoms with Gasteiger partial charge < -0.3 is 10.4 Å². The molecule has 0 aliphatic rings. The zero-order chi connectivity index (χ0) is 17.9. The van der Waals surface area contributed by atoms with Crippen LogP contribution in [0.15, 0.2) is 34.9 Å². The molecule has 1 amide bonds. The van der Waals surface area contributed by atoms with Gasteiger partial charge in [0.2, 0.25) is 0 Å². The molecule has 0 aliphatic carbocycles. The molecular weight excluding hydrogens is 374 g/mol. The second-order valence-corrected chi connectivity index (χ2v) is 6.62. The lowest BCUT2D eigenvalue weighted by Crippen LogP contribution is -2.45. The van der Waals surface area contributed by atoms with E-state index in [2.05, 4.69) is 26.3 Å². The smallest absolute Gasteiger partial charge is 0.326 e. The van der Waals surface area contributed by atoms with Crippen LogP contribution in [-0.4, -0.2) is 32.8 Å². The monoisotopic (exact) mass is 393 g/mol. The molecule has 2 atom stereocenters. The zero-order valence-corrected chi connectivity index (χ0v) is 15.4. The van der Waals surface area contributed by atoms with Crippen molar-refractivity contribution < 1.29 is 14.7 Å². The van der Waals surface area contributed by atoms with Crippen molar-refractivity contribution >= 4 is 27.8 Å². The van der Waals surface area contributed by atoms with E-state index in [1.807, 2.05) is 31.2 Å². The van der Waals surface area contributed by atoms with Crippen LogP contribution >= 0.6 is 15.9 Å². The third-order valence-electron chi connectivity index (χ3n) is 4.09. The standard InChI is InChI=1S/C17H20BrN3O3/c1-4-10(2)15(17(23)24)20-16(22)14-9-19-21(11(14)3)13-7-5-12(18)6-8-13/h5-10,15H,4H2,1-3H3,(H,20,22)(H,23,24). The summed E-state index contributed by atoms with van der Waals surface area (Å²) in [5, 5.41) is 16.2. The van der Waals surface area contributed by atoms with Crippen molar-refractivity contribution in [1.29, 1.82) is 0 Å². The summed E-state index contributed by atoms with van der Waals surface area (Å²) in [6.07, 6.45) is 2.12. The Labute approximate surface area is 149 Å². The van der Waals surface area contributed by atoms with Gasteiger partial charge in [-0.25, -0.2) is 9.48 Å². The number of benzene rings is 1. The Morgan fingerprint density at radius 1 is 1.33 bits per heavy atom. The molecule has 2 rings (SSSR count). The van der Waals surface area contributed by atoms with Gasteiger partial charge in [-0.2, -0.15) is 5.10 Å². The van der Waals surface area contributed by atoms with Gasteiger partial charge in [0.15, 0.2) is 0 Å². The highest BCUT2D eigenvalue weighted by Gasteiger charge is 2.27. The summed E-state index contributed by atoms with van der Waals surface area (Å²) in [4.78, 5) is 23.8. The van der Waals surface area contributed by atoms with Gasteiger partial charge in [-0.05, 0) is 37.1 Å². The van der Waals surface area contributed by atoms with Gasteiger partial charge in [0.1, 0.15) is 6.04 Å². The SMILES string of the molecule is CCC(C)C(NC(=O)c1cnn(-c2ccc(Br)cc2)c1C)C(=O)O. The van der Waals surface area contributed by atoms with E-state index in [-0.39, 0.29) is 5.92 Å². The maximum atomic E-state index is 12.5. The first-order chi connectivity index (χ1) is 11.3. The first-order valence-corrected chi connectivity index (χ1v) is 8.48. The molecule has 1 aromatic heterocycles. The van der Waals surface area contributed by atoms with Gasteiger partial charge in [-0.15, -0.1) is 0 Å². The molecule has 0 fully saturated rings. The Bertz CT molecular complexity index is 740. The number of carboxylic acid groups (broad SMARTS) is 1. The quantitative estimate of drug-likeness (QED) is 0.788. The maximum absolute atomic E-state index is 12.5. The van der Waals surface area contributed by atoms with E-state index in [4.69, 9.17) is 0 Å². The summed E-state index contributed by atoms with van der Waals surface area (Å²) in [7, 11) is 0. The molecule has 0 saturated heterocycles. The number of nitrogens with one attached hydrogen (secondary N) is 1. The lowest BCUT2D eigenvalue weighted by Gasteiger charge is -2.20. The highest BCUT2D eigenvalue weighted by Crippen LogP contribution is 2.18. The van der Waals surface area contributed by atoms with Crippen LogP contribution in [0.25, 0.3) is 5.69 Å². The number of halogens is 1. The van der Waals surface area contributed by atoms with Crippen molar-refractivity contribution in [2.75, 3.05) is 0 Å². The fourth-order valence-corrected chi connectivity index (χ4v) is 2.64. The van der Waals surface area contributed by atoms with E-state index >= 15 is 0 Å². The normalized spacial score (nSPS) is 13.3. The number of nitrogens with zero attached hydrogens (tertiary/aromatic N) is 2. The predicted octanol–water partition coefficient (Wildman–Crippen LogP) is 3.17. The van der Waals surface area contributed by atoms with Gasteiger partial charge in [0.05, 0.1) is 23.1 Å². The first-order valence-electron chi connectivity index (χ1n) is 7.69. The third-order valence-corrected chi connectivity index (χ3v) is 4.62. The molecule has 2 unspecified atom stereocenters. The molecule has 1 heterocycles. The molecule has 128 valence electrons. The van der Waals surface area contributed by atoms with Crippen molar-refractivity contribution in [3.63, 3.8) is 0 Å². The molecule has 0 bridgehead atoms. The number of carbonyl (C=O) groups is 2. The minimum absolute atomic E-state index is 0.159. The number of carbonyl (C=O) groups excluding carboxylic acids is 1. The van der Waals surface area contributed by atoms with E-state index in [9.17, 15) is 14.7 Å². The second-order valence-electron chi connectivity index (χ2n) is 5.71. The fraction of sp³-hybridized carbons (Fsp3) is 0.353. The zero-order valence-electron chi connectivity index (χ0n) is 13.8. The molecule has 2 N–H and O–H groups in total. The van der Waals surface area contributed by atoms with Gasteiger partial charge in [-0.3, -0.25) is 4.79 Å². The van der Waals surface area contributed by atoms with E-state index < -0.39 is 17.9 Å². The summed E-state index contributed by atoms with van der Waals surface area (Å²) < 4.78 is 2.60. The number of aromatic nitrogens is 2. The molecule has 0 radical (unpaired) electrons. The lowest BCUT2D eigenvalue weighted by atomic mass is 9.99. The van der Waals surface area contributed by atoms with Gasteiger partial charge in [-0.1, -0.05) is 36.2 Å². The van der Waals surface area contributed by atoms with Crippen molar-refractivity contribution in [3.8, 4) is 5.69 Å². The van der Waals surface area contributed by atoms with Crippen LogP contribution in [0.5, 0.6) is 0 Å². The van der Waals surface area contributed by atoms with E-state index in [0.717, 1.165) is 10.2 Å². The van der Waals surface area contributed by atoms with Crippen LogP contribution in [0.3, 0.4) is 0 Å². The Hall–Kier alpha value is -2.15. The number of hydrogen-bond donors (Lipinski definition) is 2. The Kier molecular flexibility index (Phi) is 5.77. The summed E-state index contributed by atoms with van der Waals surface area (Å²) in [5.74, 6) is -1.62. The highest BCUT2D eigenvalue weighted by atomic mass is 79.9. The van der Waals surface area contributed by atoms with Crippen molar-refractivity contribution in [2.45, 2.75) is 33.2 Å². The first kappa shape index (κ1) is 18.2. The predicted molar refractivity (Wildman–Crippen MR) is 94.3 cm³/mol. The van der Waals surface area contributed by atoms with Gasteiger partial charge >= 0.3 is 5.97 Å². The largest absolute Gasteiger partial charge is 0.480 e. The number of aliphatic carboxylic acids is 1. The fourth-order valence-electron chi connectivity index (χ4n) is 2.38. The summed E-state index contributed by atoms with van der Waals surface area (Å²) in [5.41, 5.74) is 1.85. The van der Waals surface area contributed by atoms with Crippen LogP contribution in [-0.2, 0) is 4.79 Å². The second kappa shape index (κ2) is 7.61. The Morgan fingerprint density at radius 3 is 2.50 bits per heavy atom. The summed E-state index contributed by atoms with van der Waals surface area (Å²) >= 11 is 3.38. The maximum Gasteiger partial charge on any atom is 0.326 e. The molecular formula is C17H20BrN3O3. The highest BCUT2D eigenvalue weighted by molar-refractivity contribution is 9.10. The Morgan fingerprint density at radius 2 is 1.96 bits per heavy atom. The van der Waals surface area contributed by atoms with Crippen molar-refractivity contribution in [1.82, 2.24) is 15.1 Å². The molecule has 6 nitrogen and oxygen atoms in total. The van der Waals surface area contributed by atoms with Crippen LogP contribution in [0.4, 0.5) is 0 Å². The molecule has 2 aromatic rings. The number of hydrogen-bond acceptors (Lipinski definition) is 3. The molecule has 0 spiro atoms. The summed E-state index contributed by atoms with van der Waals surface area (Å²) in [6.45, 7) is 5.48. The van der Waals surface area contributed by atoms with Crippen LogP contribution < -0.4 is 5.32 Å². The van der Waals surface area contributed by atoms with E-state index in [1.54, 1.807) is 18.5 Å². The van der Waals surface area contributed by atoms with Crippen LogP contribution in [0.1, 0.15) is 36.3 Å². The van der Waals surface area contributed by atoms with Crippen LogP contribution in [0.2, 0.25) is 0 Å². The van der Waals surface area contributed by atoms with Gasteiger partial charge in [0.25, 0.3) is 5.91 Å². The average Bonchev–Trinajstić information content (AvgIpc) is 2.94. The minimum atomic E-state index is -1.03. The third kappa shape index (κ3) is 3.84. The van der Waals surface area contributed by atoms with E-state index in [1.165, 1.54) is 6.20 Å². The molecule has 24 heavy (non-hydrogen) atoms. The number of rotatable bonds is 6. The van der Waals surface area contributed by atoms with Gasteiger partial charge in [0, 0.05) is 4.47 Å². The average molecular weight is 394 g/mol. The van der Waals surface area contributed by atoms with E-state index in [0.29, 0.717) is 17.7 Å². The molecule has 1 aromatic carbocycles. The topological polar surface area (TPSA) is 84.2 Å². The lowest BCUT2D eigenvalue weighted by molar-refractivity contribution is -0.140. The number of amides is 1.